The van der Waals surface area contributed by atoms with Gasteiger partial charge < -0.3 is 5.32 Å². The predicted octanol–water partition coefficient (Wildman–Crippen LogP) is 3.65. The van der Waals surface area contributed by atoms with Gasteiger partial charge in [0.25, 0.3) is 5.56 Å². The molecular weight excluding hydrogens is 414 g/mol. The maximum Gasteiger partial charge on any atom is 0.252 e. The van der Waals surface area contributed by atoms with Gasteiger partial charge in [0, 0.05) is 35.4 Å². The molecule has 0 saturated heterocycles. The summed E-state index contributed by atoms with van der Waals surface area (Å²) in [5.41, 5.74) is 2.02. The van der Waals surface area contributed by atoms with E-state index in [0.29, 0.717) is 17.3 Å². The van der Waals surface area contributed by atoms with Gasteiger partial charge in [-0.05, 0) is 63.4 Å². The number of benzene rings is 1. The zero-order chi connectivity index (χ0) is 22.2. The minimum atomic E-state index is -3.57. The molecule has 0 aliphatic heterocycles. The third-order valence-corrected chi connectivity index (χ3v) is 7.16. The molecule has 0 unspecified atom stereocenters. The van der Waals surface area contributed by atoms with E-state index in [1.807, 2.05) is 6.92 Å². The molecule has 0 radical (unpaired) electrons. The first-order chi connectivity index (χ1) is 14.7. The lowest BCUT2D eigenvalue weighted by atomic mass is 10.2. The third kappa shape index (κ3) is 4.47. The molecule has 9 heteroatoms. The van der Waals surface area contributed by atoms with E-state index in [-0.39, 0.29) is 22.5 Å². The van der Waals surface area contributed by atoms with Crippen LogP contribution in [-0.4, -0.2) is 29.0 Å². The molecule has 164 valence electrons. The number of nitrogens with zero attached hydrogens (tertiary/aromatic N) is 3. The SMILES string of the molecule is Cc1cc(S(=O)(=O)NC(C)C)ccc1Nc1ncc2ccc(=O)n(C3CCCC3)c2n1. The minimum absolute atomic E-state index is 0.0487. The molecule has 31 heavy (non-hydrogen) atoms. The van der Waals surface area contributed by atoms with E-state index in [4.69, 9.17) is 0 Å². The standard InChI is InChI=1S/C22H27N5O3S/c1-14(2)26-31(29,30)18-9-10-19(15(3)12-18)24-22-23-13-16-8-11-20(28)27(21(16)25-22)17-6-4-5-7-17/h8-14,17,26H,4-7H2,1-3H3,(H,23,24,25). The van der Waals surface area contributed by atoms with Gasteiger partial charge in [0.2, 0.25) is 16.0 Å². The Hall–Kier alpha value is -2.78. The van der Waals surface area contributed by atoms with E-state index < -0.39 is 10.0 Å². The highest BCUT2D eigenvalue weighted by Crippen LogP contribution is 2.30. The first-order valence-electron chi connectivity index (χ1n) is 10.5. The van der Waals surface area contributed by atoms with Crippen molar-refractivity contribution in [2.75, 3.05) is 5.32 Å². The Labute approximate surface area is 181 Å². The number of fused-ring (bicyclic) bond motifs is 1. The largest absolute Gasteiger partial charge is 0.324 e. The normalized spacial score (nSPS) is 15.1. The lowest BCUT2D eigenvalue weighted by Gasteiger charge is -2.17. The summed E-state index contributed by atoms with van der Waals surface area (Å²) in [6, 6.07) is 8.17. The van der Waals surface area contributed by atoms with Crippen LogP contribution in [0.2, 0.25) is 0 Å². The Morgan fingerprint density at radius 3 is 2.55 bits per heavy atom. The van der Waals surface area contributed by atoms with Gasteiger partial charge >= 0.3 is 0 Å². The maximum atomic E-state index is 12.6. The number of sulfonamides is 1. The molecule has 4 rings (SSSR count). The maximum absolute atomic E-state index is 12.6. The zero-order valence-corrected chi connectivity index (χ0v) is 18.7. The van der Waals surface area contributed by atoms with Gasteiger partial charge in [-0.3, -0.25) is 9.36 Å². The Morgan fingerprint density at radius 2 is 1.87 bits per heavy atom. The van der Waals surface area contributed by atoms with Crippen molar-refractivity contribution in [3.8, 4) is 0 Å². The van der Waals surface area contributed by atoms with Crippen molar-refractivity contribution in [2.24, 2.45) is 0 Å². The lowest BCUT2D eigenvalue weighted by Crippen LogP contribution is -2.30. The molecule has 1 aromatic carbocycles. The van der Waals surface area contributed by atoms with Gasteiger partial charge in [-0.15, -0.1) is 0 Å². The number of pyridine rings is 1. The molecule has 3 aromatic rings. The lowest BCUT2D eigenvalue weighted by molar-refractivity contribution is 0.516. The highest BCUT2D eigenvalue weighted by atomic mass is 32.2. The number of aromatic nitrogens is 3. The molecule has 1 saturated carbocycles. The average Bonchev–Trinajstić information content (AvgIpc) is 3.22. The van der Waals surface area contributed by atoms with Gasteiger partial charge in [-0.1, -0.05) is 12.8 Å². The van der Waals surface area contributed by atoms with Gasteiger partial charge in [-0.2, -0.15) is 4.98 Å². The third-order valence-electron chi connectivity index (χ3n) is 5.50. The molecule has 2 N–H and O–H groups in total. The van der Waals surface area contributed by atoms with Crippen LogP contribution in [0.1, 0.15) is 51.1 Å². The number of nitrogens with one attached hydrogen (secondary N) is 2. The number of anilines is 2. The summed E-state index contributed by atoms with van der Waals surface area (Å²) in [5.74, 6) is 0.365. The van der Waals surface area contributed by atoms with Crippen molar-refractivity contribution < 1.29 is 8.42 Å². The van der Waals surface area contributed by atoms with E-state index in [2.05, 4.69) is 20.0 Å². The van der Waals surface area contributed by atoms with Crippen molar-refractivity contribution >= 4 is 32.7 Å². The summed E-state index contributed by atoms with van der Waals surface area (Å²) in [6.07, 6.45) is 5.89. The van der Waals surface area contributed by atoms with Crippen LogP contribution in [0.15, 0.2) is 46.2 Å². The molecule has 2 aromatic heterocycles. The Balaban J connectivity index is 1.67. The molecule has 0 amide bonds. The Morgan fingerprint density at radius 1 is 1.13 bits per heavy atom. The fourth-order valence-electron chi connectivity index (χ4n) is 4.06. The zero-order valence-electron chi connectivity index (χ0n) is 17.9. The number of hydrogen-bond donors (Lipinski definition) is 2. The highest BCUT2D eigenvalue weighted by molar-refractivity contribution is 7.89. The fourth-order valence-corrected chi connectivity index (χ4v) is 5.39. The highest BCUT2D eigenvalue weighted by Gasteiger charge is 2.21. The predicted molar refractivity (Wildman–Crippen MR) is 121 cm³/mol. The molecular formula is C22H27N5O3S. The van der Waals surface area contributed by atoms with Crippen molar-refractivity contribution in [1.29, 1.82) is 0 Å². The second-order valence-corrected chi connectivity index (χ2v) is 10.0. The molecule has 8 nitrogen and oxygen atoms in total. The van der Waals surface area contributed by atoms with Gasteiger partial charge in [0.05, 0.1) is 4.90 Å². The van der Waals surface area contributed by atoms with Gasteiger partial charge in [0.1, 0.15) is 5.65 Å². The summed E-state index contributed by atoms with van der Waals surface area (Å²) in [4.78, 5) is 21.8. The minimum Gasteiger partial charge on any atom is -0.324 e. The van der Waals surface area contributed by atoms with E-state index in [9.17, 15) is 13.2 Å². The van der Waals surface area contributed by atoms with Crippen molar-refractivity contribution in [1.82, 2.24) is 19.3 Å². The summed E-state index contributed by atoms with van der Waals surface area (Å²) in [6.45, 7) is 5.39. The summed E-state index contributed by atoms with van der Waals surface area (Å²) < 4.78 is 29.2. The second kappa shape index (κ2) is 8.39. The van der Waals surface area contributed by atoms with Crippen molar-refractivity contribution in [3.05, 3.63) is 52.4 Å². The van der Waals surface area contributed by atoms with Gasteiger partial charge in [0.15, 0.2) is 0 Å². The van der Waals surface area contributed by atoms with Crippen LogP contribution in [0, 0.1) is 6.92 Å². The smallest absolute Gasteiger partial charge is 0.252 e. The molecule has 0 bridgehead atoms. The molecule has 0 spiro atoms. The summed E-state index contributed by atoms with van der Waals surface area (Å²) >= 11 is 0. The Bertz CT molecular complexity index is 1280. The van der Waals surface area contributed by atoms with Crippen LogP contribution in [0.25, 0.3) is 11.0 Å². The van der Waals surface area contributed by atoms with E-state index in [1.54, 1.807) is 54.9 Å². The molecule has 0 atom stereocenters. The van der Waals surface area contributed by atoms with E-state index in [1.165, 1.54) is 0 Å². The van der Waals surface area contributed by atoms with Gasteiger partial charge in [-0.25, -0.2) is 18.1 Å². The number of aryl methyl sites for hydroxylation is 1. The molecule has 1 aliphatic carbocycles. The first-order valence-corrected chi connectivity index (χ1v) is 12.0. The molecule has 1 aliphatic rings. The van der Waals surface area contributed by atoms with Crippen LogP contribution in [0.3, 0.4) is 0 Å². The first kappa shape index (κ1) is 21.5. The van der Waals surface area contributed by atoms with Crippen LogP contribution in [-0.2, 0) is 10.0 Å². The monoisotopic (exact) mass is 441 g/mol. The Kier molecular flexibility index (Phi) is 5.81. The average molecular weight is 442 g/mol. The van der Waals surface area contributed by atoms with E-state index in [0.717, 1.165) is 36.6 Å². The topological polar surface area (TPSA) is 106 Å². The molecule has 1 fully saturated rings. The number of rotatable bonds is 6. The second-order valence-electron chi connectivity index (χ2n) is 8.33. The van der Waals surface area contributed by atoms with Crippen LogP contribution in [0.5, 0.6) is 0 Å². The summed E-state index contributed by atoms with van der Waals surface area (Å²) in [5, 5.41) is 3.98. The van der Waals surface area contributed by atoms with Crippen LogP contribution >= 0.6 is 0 Å². The number of hydrogen-bond acceptors (Lipinski definition) is 6. The van der Waals surface area contributed by atoms with Crippen LogP contribution in [0.4, 0.5) is 11.6 Å². The molecule has 2 heterocycles. The van der Waals surface area contributed by atoms with Crippen LogP contribution < -0.4 is 15.6 Å². The fraction of sp³-hybridized carbons (Fsp3) is 0.409. The summed E-state index contributed by atoms with van der Waals surface area (Å²) in [7, 11) is -3.57. The van der Waals surface area contributed by atoms with Crippen molar-refractivity contribution in [2.45, 2.75) is 63.4 Å². The quantitative estimate of drug-likeness (QED) is 0.605. The van der Waals surface area contributed by atoms with E-state index >= 15 is 0 Å². The van der Waals surface area contributed by atoms with Crippen molar-refractivity contribution in [3.63, 3.8) is 0 Å².